The zero-order valence-electron chi connectivity index (χ0n) is 13.9. The maximum Gasteiger partial charge on any atom is 0.232 e. The van der Waals surface area contributed by atoms with E-state index < -0.39 is 10.0 Å². The molecule has 0 saturated carbocycles. The van der Waals surface area contributed by atoms with Crippen molar-refractivity contribution in [2.45, 2.75) is 32.2 Å². The molecule has 4 rings (SSSR count). The number of benzene rings is 1. The Morgan fingerprint density at radius 2 is 2.00 bits per heavy atom. The molecule has 0 radical (unpaired) electrons. The number of anilines is 2. The van der Waals surface area contributed by atoms with Crippen molar-refractivity contribution in [3.8, 4) is 11.3 Å². The molecular weight excluding hydrogens is 342 g/mol. The van der Waals surface area contributed by atoms with Gasteiger partial charge in [-0.3, -0.25) is 4.31 Å². The van der Waals surface area contributed by atoms with Gasteiger partial charge in [-0.1, -0.05) is 6.07 Å². The van der Waals surface area contributed by atoms with Crippen LogP contribution in [-0.2, 0) is 16.4 Å². The first-order chi connectivity index (χ1) is 11.4. The number of sulfonamides is 1. The van der Waals surface area contributed by atoms with Crippen LogP contribution in [0.15, 0.2) is 23.6 Å². The summed E-state index contributed by atoms with van der Waals surface area (Å²) in [5.74, 6) is 0. The zero-order valence-corrected chi connectivity index (χ0v) is 15.5. The molecule has 0 amide bonds. The summed E-state index contributed by atoms with van der Waals surface area (Å²) in [7, 11) is -3.24. The summed E-state index contributed by atoms with van der Waals surface area (Å²) < 4.78 is 25.6. The third kappa shape index (κ3) is 2.69. The van der Waals surface area contributed by atoms with Crippen LogP contribution in [0.5, 0.6) is 0 Å². The average molecular weight is 364 g/mol. The third-order valence-electron chi connectivity index (χ3n) is 4.75. The summed E-state index contributed by atoms with van der Waals surface area (Å²) in [5, 5.41) is 3.19. The Morgan fingerprint density at radius 1 is 1.25 bits per heavy atom. The lowest BCUT2D eigenvalue weighted by Crippen LogP contribution is -2.34. The van der Waals surface area contributed by atoms with E-state index in [0.717, 1.165) is 47.2 Å². The van der Waals surface area contributed by atoms with Crippen molar-refractivity contribution in [1.29, 1.82) is 0 Å². The van der Waals surface area contributed by atoms with Crippen LogP contribution in [0.4, 0.5) is 10.8 Å². The van der Waals surface area contributed by atoms with Gasteiger partial charge in [0.2, 0.25) is 10.0 Å². The highest BCUT2D eigenvalue weighted by Gasteiger charge is 2.32. The maximum absolute atomic E-state index is 12.0. The largest absolute Gasteiger partial charge is 0.348 e. The van der Waals surface area contributed by atoms with Crippen LogP contribution in [0.1, 0.15) is 25.3 Å². The van der Waals surface area contributed by atoms with E-state index in [1.807, 2.05) is 19.1 Å². The van der Waals surface area contributed by atoms with Crippen molar-refractivity contribution in [2.75, 3.05) is 28.6 Å². The lowest BCUT2D eigenvalue weighted by atomic mass is 10.1. The van der Waals surface area contributed by atoms with Crippen molar-refractivity contribution < 1.29 is 8.42 Å². The van der Waals surface area contributed by atoms with Gasteiger partial charge < -0.3 is 4.90 Å². The molecule has 0 spiro atoms. The van der Waals surface area contributed by atoms with Crippen LogP contribution in [0, 0.1) is 0 Å². The van der Waals surface area contributed by atoms with Crippen LogP contribution < -0.4 is 9.21 Å². The van der Waals surface area contributed by atoms with Gasteiger partial charge in [-0.25, -0.2) is 13.4 Å². The number of rotatable bonds is 3. The topological polar surface area (TPSA) is 53.5 Å². The summed E-state index contributed by atoms with van der Waals surface area (Å²) in [6.07, 6.45) is 4.51. The molecule has 1 aromatic carbocycles. The first kappa shape index (κ1) is 15.9. The molecule has 0 bridgehead atoms. The number of hydrogen-bond acceptors (Lipinski definition) is 5. The fraction of sp³-hybridized carbons (Fsp3) is 0.471. The van der Waals surface area contributed by atoms with Crippen LogP contribution >= 0.6 is 11.3 Å². The highest BCUT2D eigenvalue weighted by molar-refractivity contribution is 7.92. The highest BCUT2D eigenvalue weighted by Crippen LogP contribution is 2.37. The zero-order chi connectivity index (χ0) is 16.9. The quantitative estimate of drug-likeness (QED) is 0.841. The van der Waals surface area contributed by atoms with E-state index in [4.69, 9.17) is 4.98 Å². The van der Waals surface area contributed by atoms with Gasteiger partial charge in [0, 0.05) is 30.1 Å². The molecule has 5 nitrogen and oxygen atoms in total. The summed E-state index contributed by atoms with van der Waals surface area (Å²) >= 11 is 1.69. The second kappa shape index (κ2) is 5.74. The van der Waals surface area contributed by atoms with Crippen molar-refractivity contribution in [3.05, 3.63) is 29.1 Å². The van der Waals surface area contributed by atoms with Crippen molar-refractivity contribution >= 4 is 32.2 Å². The highest BCUT2D eigenvalue weighted by atomic mass is 32.2. The molecule has 0 unspecified atom stereocenters. The van der Waals surface area contributed by atoms with E-state index in [0.29, 0.717) is 0 Å². The molecule has 2 aliphatic heterocycles. The molecule has 1 atom stereocenters. The molecule has 2 aromatic rings. The van der Waals surface area contributed by atoms with Crippen LogP contribution in [-0.4, -0.2) is 38.8 Å². The van der Waals surface area contributed by atoms with Gasteiger partial charge in [0.1, 0.15) is 0 Å². The standard InChI is InChI=1S/C17H21N3O2S2/c1-12-9-14-10-13(5-6-16(14)20(12)24(2,21)22)15-11-23-17(18-15)19-7-3-4-8-19/h5-6,10-12H,3-4,7-9H2,1-2H3/t12-/m0/s1. The fourth-order valence-corrected chi connectivity index (χ4v) is 5.87. The molecule has 0 aliphatic carbocycles. The smallest absolute Gasteiger partial charge is 0.232 e. The SMILES string of the molecule is C[C@H]1Cc2cc(-c3csc(N4CCCC4)n3)ccc2N1S(C)(=O)=O. The lowest BCUT2D eigenvalue weighted by Gasteiger charge is -2.21. The fourth-order valence-electron chi connectivity index (χ4n) is 3.72. The molecule has 3 heterocycles. The van der Waals surface area contributed by atoms with Gasteiger partial charge in [0.25, 0.3) is 0 Å². The van der Waals surface area contributed by atoms with Gasteiger partial charge in [0.15, 0.2) is 5.13 Å². The first-order valence-corrected chi connectivity index (χ1v) is 11.0. The average Bonchev–Trinajstić information content (AvgIpc) is 3.23. The van der Waals surface area contributed by atoms with E-state index in [2.05, 4.69) is 16.3 Å². The van der Waals surface area contributed by atoms with Crippen molar-refractivity contribution in [1.82, 2.24) is 4.98 Å². The van der Waals surface area contributed by atoms with E-state index in [-0.39, 0.29) is 6.04 Å². The summed E-state index contributed by atoms with van der Waals surface area (Å²) in [6.45, 7) is 4.14. The van der Waals surface area contributed by atoms with Crippen LogP contribution in [0.2, 0.25) is 0 Å². The lowest BCUT2D eigenvalue weighted by molar-refractivity contribution is 0.590. The Morgan fingerprint density at radius 3 is 2.71 bits per heavy atom. The Kier molecular flexibility index (Phi) is 3.80. The van der Waals surface area contributed by atoms with E-state index in [1.54, 1.807) is 11.3 Å². The Balaban J connectivity index is 1.66. The first-order valence-electron chi connectivity index (χ1n) is 8.26. The van der Waals surface area contributed by atoms with Gasteiger partial charge in [0.05, 0.1) is 17.6 Å². The van der Waals surface area contributed by atoms with Crippen molar-refractivity contribution in [3.63, 3.8) is 0 Å². The molecule has 2 aliphatic rings. The Hall–Kier alpha value is -1.60. The predicted octanol–water partition coefficient (Wildman–Crippen LogP) is 3.12. The van der Waals surface area contributed by atoms with Gasteiger partial charge >= 0.3 is 0 Å². The number of thiazole rings is 1. The molecule has 24 heavy (non-hydrogen) atoms. The van der Waals surface area contributed by atoms with Gasteiger partial charge in [-0.05, 0) is 43.9 Å². The monoisotopic (exact) mass is 363 g/mol. The Labute approximate surface area is 147 Å². The Bertz CT molecular complexity index is 870. The predicted molar refractivity (Wildman–Crippen MR) is 99.5 cm³/mol. The molecular formula is C17H21N3O2S2. The summed E-state index contributed by atoms with van der Waals surface area (Å²) in [5.41, 5.74) is 3.94. The minimum Gasteiger partial charge on any atom is -0.348 e. The molecule has 0 N–H and O–H groups in total. The maximum atomic E-state index is 12.0. The third-order valence-corrected chi connectivity index (χ3v) is 6.93. The van der Waals surface area contributed by atoms with Gasteiger partial charge in [-0.2, -0.15) is 0 Å². The molecule has 128 valence electrons. The van der Waals surface area contributed by atoms with Crippen molar-refractivity contribution in [2.24, 2.45) is 0 Å². The summed E-state index contributed by atoms with van der Waals surface area (Å²) in [6, 6.07) is 5.97. The number of hydrogen-bond donors (Lipinski definition) is 0. The second-order valence-electron chi connectivity index (χ2n) is 6.66. The molecule has 1 fully saturated rings. The summed E-state index contributed by atoms with van der Waals surface area (Å²) in [4.78, 5) is 7.13. The molecule has 7 heteroatoms. The molecule has 1 saturated heterocycles. The van der Waals surface area contributed by atoms with E-state index in [1.165, 1.54) is 23.4 Å². The number of fused-ring (bicyclic) bond motifs is 1. The van der Waals surface area contributed by atoms with Crippen LogP contribution in [0.25, 0.3) is 11.3 Å². The number of aromatic nitrogens is 1. The normalized spacial score (nSPS) is 20.7. The second-order valence-corrected chi connectivity index (χ2v) is 9.36. The minimum atomic E-state index is -3.24. The van der Waals surface area contributed by atoms with Gasteiger partial charge in [-0.15, -0.1) is 11.3 Å². The van der Waals surface area contributed by atoms with E-state index in [9.17, 15) is 8.42 Å². The van der Waals surface area contributed by atoms with Crippen LogP contribution in [0.3, 0.4) is 0 Å². The van der Waals surface area contributed by atoms with E-state index >= 15 is 0 Å². The number of nitrogens with zero attached hydrogens (tertiary/aromatic N) is 3. The molecule has 1 aromatic heterocycles. The minimum absolute atomic E-state index is 0.0270.